The van der Waals surface area contributed by atoms with Crippen LogP contribution in [0.25, 0.3) is 5.69 Å². The number of carboxylic acids is 1. The summed E-state index contributed by atoms with van der Waals surface area (Å²) in [6.07, 6.45) is 11.0. The minimum Gasteiger partial charge on any atom is -0.478 e. The summed E-state index contributed by atoms with van der Waals surface area (Å²) in [5.41, 5.74) is 1.60. The van der Waals surface area contributed by atoms with Crippen molar-refractivity contribution in [1.29, 1.82) is 0 Å². The Morgan fingerprint density at radius 2 is 1.95 bits per heavy atom. The van der Waals surface area contributed by atoms with E-state index in [-0.39, 0.29) is 22.7 Å². The fourth-order valence-corrected chi connectivity index (χ4v) is 8.42. The molecule has 0 aliphatic heterocycles. The van der Waals surface area contributed by atoms with Crippen LogP contribution in [0.4, 0.5) is 0 Å². The maximum atomic E-state index is 12.5. The molecule has 4 aliphatic carbocycles. The number of hydrogen-bond donors (Lipinski definition) is 1. The Labute approximate surface area is 216 Å². The fraction of sp³-hybridized carbons (Fsp3) is 0.552. The Kier molecular flexibility index (Phi) is 5.62. The average Bonchev–Trinajstić information content (AvgIpc) is 3.47. The molecule has 3 fully saturated rings. The van der Waals surface area contributed by atoms with Gasteiger partial charge in [0.1, 0.15) is 5.69 Å². The number of carbonyl (C=O) groups excluding carboxylic acids is 2. The molecule has 1 N–H and O–H groups in total. The lowest BCUT2D eigenvalue weighted by Gasteiger charge is -2.55. The Hall–Kier alpha value is -3.29. The number of hydrogen-bond acceptors (Lipinski definition) is 6. The highest BCUT2D eigenvalue weighted by Gasteiger charge is 2.66. The second kappa shape index (κ2) is 8.64. The van der Waals surface area contributed by atoms with Gasteiger partial charge < -0.3 is 9.84 Å². The number of carbonyl (C=O) groups is 3. The first-order valence-corrected chi connectivity index (χ1v) is 13.4. The first-order chi connectivity index (χ1) is 17.7. The molecule has 8 heteroatoms. The van der Waals surface area contributed by atoms with Gasteiger partial charge in [-0.1, -0.05) is 23.8 Å². The molecule has 6 rings (SSSR count). The molecule has 0 amide bonds. The highest BCUT2D eigenvalue weighted by molar-refractivity contribution is 5.91. The molecule has 0 saturated heterocycles. The van der Waals surface area contributed by atoms with Crippen LogP contribution in [-0.4, -0.2) is 37.8 Å². The van der Waals surface area contributed by atoms with E-state index in [0.717, 1.165) is 38.5 Å². The third kappa shape index (κ3) is 3.67. The average molecular weight is 504 g/mol. The Balaban J connectivity index is 1.36. The van der Waals surface area contributed by atoms with Gasteiger partial charge in [-0.3, -0.25) is 9.59 Å². The number of nitrogens with zero attached hydrogens (tertiary/aromatic N) is 3. The number of ketones is 1. The van der Waals surface area contributed by atoms with Crippen molar-refractivity contribution in [2.45, 2.75) is 70.8 Å². The monoisotopic (exact) mass is 503 g/mol. The molecule has 1 heterocycles. The van der Waals surface area contributed by atoms with Crippen molar-refractivity contribution >= 4 is 17.7 Å². The van der Waals surface area contributed by atoms with Gasteiger partial charge in [0.05, 0.1) is 17.4 Å². The van der Waals surface area contributed by atoms with Gasteiger partial charge in [-0.2, -0.15) is 0 Å². The van der Waals surface area contributed by atoms with Gasteiger partial charge in [-0.25, -0.2) is 9.48 Å². The van der Waals surface area contributed by atoms with Crippen molar-refractivity contribution in [2.75, 3.05) is 0 Å². The molecule has 0 radical (unpaired) electrons. The number of rotatable bonds is 4. The topological polar surface area (TPSA) is 111 Å². The molecule has 4 aliphatic rings. The van der Waals surface area contributed by atoms with Crippen LogP contribution in [0.15, 0.2) is 42.1 Å². The van der Waals surface area contributed by atoms with Crippen LogP contribution in [0.2, 0.25) is 0 Å². The summed E-state index contributed by atoms with van der Waals surface area (Å²) in [4.78, 5) is 36.0. The number of aromatic nitrogens is 3. The Morgan fingerprint density at radius 1 is 1.11 bits per heavy atom. The van der Waals surface area contributed by atoms with Crippen molar-refractivity contribution in [3.63, 3.8) is 0 Å². The van der Waals surface area contributed by atoms with Crippen LogP contribution in [0.5, 0.6) is 0 Å². The number of carboxylic acid groups (broad SMARTS) is 1. The van der Waals surface area contributed by atoms with Gasteiger partial charge >= 0.3 is 11.9 Å². The summed E-state index contributed by atoms with van der Waals surface area (Å²) in [7, 11) is 0. The van der Waals surface area contributed by atoms with E-state index < -0.39 is 11.6 Å². The first kappa shape index (κ1) is 24.1. The Morgan fingerprint density at radius 3 is 2.73 bits per heavy atom. The SMILES string of the molecule is CC(=O)O[C@@]1(c2cn(-c3cccc(C(=O)O)c3)nn2)CC[C@H]2[C@@H]3CCC4=CC(=O)CC[C@@H]4[C@H]3CC[C@@]21C. The molecule has 0 bridgehead atoms. The van der Waals surface area contributed by atoms with E-state index in [4.69, 9.17) is 4.74 Å². The highest BCUT2D eigenvalue weighted by Crippen LogP contribution is 2.68. The molecule has 6 atom stereocenters. The second-order valence-electron chi connectivity index (χ2n) is 11.6. The number of benzene rings is 1. The summed E-state index contributed by atoms with van der Waals surface area (Å²) in [6.45, 7) is 3.73. The van der Waals surface area contributed by atoms with Crippen molar-refractivity contribution < 1.29 is 24.2 Å². The first-order valence-electron chi connectivity index (χ1n) is 13.4. The number of ether oxygens (including phenoxy) is 1. The van der Waals surface area contributed by atoms with Crippen molar-refractivity contribution in [3.05, 3.63) is 53.4 Å². The lowest BCUT2D eigenvalue weighted by atomic mass is 9.50. The van der Waals surface area contributed by atoms with Gasteiger partial charge in [0, 0.05) is 18.8 Å². The van der Waals surface area contributed by atoms with Crippen molar-refractivity contribution in [3.8, 4) is 5.69 Å². The predicted octanol–water partition coefficient (Wildman–Crippen LogP) is 4.87. The van der Waals surface area contributed by atoms with Gasteiger partial charge in [0.25, 0.3) is 0 Å². The molecule has 2 aromatic rings. The van der Waals surface area contributed by atoms with E-state index in [1.165, 1.54) is 18.6 Å². The van der Waals surface area contributed by atoms with Gasteiger partial charge in [0.2, 0.25) is 0 Å². The molecule has 3 saturated carbocycles. The maximum Gasteiger partial charge on any atom is 0.335 e. The molecule has 0 spiro atoms. The fourth-order valence-electron chi connectivity index (χ4n) is 8.42. The number of allylic oxidation sites excluding steroid dienone is 1. The minimum atomic E-state index is -1.01. The third-order valence-electron chi connectivity index (χ3n) is 10.0. The number of fused-ring (bicyclic) bond motifs is 5. The van der Waals surface area contributed by atoms with E-state index >= 15 is 0 Å². The molecule has 0 unspecified atom stereocenters. The normalized spacial score (nSPS) is 34.6. The highest BCUT2D eigenvalue weighted by atomic mass is 16.6. The number of esters is 1. The third-order valence-corrected chi connectivity index (χ3v) is 10.0. The van der Waals surface area contributed by atoms with Crippen LogP contribution in [0.1, 0.15) is 81.3 Å². The molecule has 37 heavy (non-hydrogen) atoms. The van der Waals surface area contributed by atoms with E-state index in [1.807, 2.05) is 6.08 Å². The van der Waals surface area contributed by atoms with Crippen LogP contribution in [-0.2, 0) is 19.9 Å². The standard InChI is InChI=1S/C29H33N3O5/c1-17(33)37-29(26-16-32(31-30-26)20-5-3-4-19(14-20)27(35)36)13-11-25-24-8-6-18-15-21(34)7-9-22(18)23(24)10-12-28(25,29)2/h3-5,14-16,22-25H,6-13H2,1-2H3,(H,35,36)/t22-,23+,24+,25-,28-,29+/m0/s1. The van der Waals surface area contributed by atoms with E-state index in [0.29, 0.717) is 47.9 Å². The summed E-state index contributed by atoms with van der Waals surface area (Å²) in [6, 6.07) is 6.57. The lowest BCUT2D eigenvalue weighted by molar-refractivity contribution is -0.184. The second-order valence-corrected chi connectivity index (χ2v) is 11.6. The Bertz CT molecular complexity index is 1310. The predicted molar refractivity (Wildman–Crippen MR) is 134 cm³/mol. The largest absolute Gasteiger partial charge is 0.478 e. The van der Waals surface area contributed by atoms with E-state index in [9.17, 15) is 19.5 Å². The smallest absolute Gasteiger partial charge is 0.335 e. The van der Waals surface area contributed by atoms with Crippen LogP contribution < -0.4 is 0 Å². The van der Waals surface area contributed by atoms with Crippen molar-refractivity contribution in [2.24, 2.45) is 29.1 Å². The summed E-state index contributed by atoms with van der Waals surface area (Å²) in [5, 5.41) is 18.3. The van der Waals surface area contributed by atoms with Gasteiger partial charge in [0.15, 0.2) is 11.4 Å². The van der Waals surface area contributed by atoms with E-state index in [2.05, 4.69) is 17.2 Å². The molecule has 1 aromatic heterocycles. The zero-order valence-electron chi connectivity index (χ0n) is 21.4. The van der Waals surface area contributed by atoms with Crippen molar-refractivity contribution in [1.82, 2.24) is 15.0 Å². The lowest BCUT2D eigenvalue weighted by Crippen LogP contribution is -2.53. The van der Waals surface area contributed by atoms with Gasteiger partial charge in [-0.05, 0) is 92.9 Å². The van der Waals surface area contributed by atoms with Crippen LogP contribution >= 0.6 is 0 Å². The molecule has 1 aromatic carbocycles. The maximum absolute atomic E-state index is 12.5. The molecular formula is C29H33N3O5. The summed E-state index contributed by atoms with van der Waals surface area (Å²) < 4.78 is 7.84. The molecular weight excluding hydrogens is 470 g/mol. The summed E-state index contributed by atoms with van der Waals surface area (Å²) >= 11 is 0. The number of aromatic carboxylic acids is 1. The van der Waals surface area contributed by atoms with Crippen LogP contribution in [0, 0.1) is 29.1 Å². The van der Waals surface area contributed by atoms with Gasteiger partial charge in [-0.15, -0.1) is 5.10 Å². The van der Waals surface area contributed by atoms with Crippen LogP contribution in [0.3, 0.4) is 0 Å². The zero-order chi connectivity index (χ0) is 25.9. The minimum absolute atomic E-state index is 0.172. The van der Waals surface area contributed by atoms with E-state index in [1.54, 1.807) is 29.1 Å². The zero-order valence-corrected chi connectivity index (χ0v) is 21.4. The molecule has 8 nitrogen and oxygen atoms in total. The quantitative estimate of drug-likeness (QED) is 0.593. The molecule has 194 valence electrons. The summed E-state index contributed by atoms with van der Waals surface area (Å²) in [5.74, 6) is 0.956.